The molecule has 4 rings (SSSR count). The number of hydrogen-bond donors (Lipinski definition) is 1. The molecule has 30 heavy (non-hydrogen) atoms. The van der Waals surface area contributed by atoms with E-state index >= 15 is 0 Å². The number of carbonyl (C=O) groups excluding carboxylic acids is 1. The second kappa shape index (κ2) is 8.73. The van der Waals surface area contributed by atoms with Gasteiger partial charge in [0.2, 0.25) is 5.88 Å². The van der Waals surface area contributed by atoms with Gasteiger partial charge in [0.15, 0.2) is 0 Å². The first-order valence-corrected chi connectivity index (χ1v) is 10.4. The van der Waals surface area contributed by atoms with Crippen molar-refractivity contribution in [3.05, 3.63) is 47.5 Å². The number of fused-ring (bicyclic) bond motifs is 3. The Labute approximate surface area is 175 Å². The minimum atomic E-state index is -0.135. The molecule has 0 fully saturated rings. The summed E-state index contributed by atoms with van der Waals surface area (Å²) in [4.78, 5) is 24.0. The molecule has 0 saturated heterocycles. The van der Waals surface area contributed by atoms with Crippen molar-refractivity contribution in [3.8, 4) is 11.6 Å². The van der Waals surface area contributed by atoms with Crippen LogP contribution in [0.1, 0.15) is 56.5 Å². The van der Waals surface area contributed by atoms with Crippen LogP contribution >= 0.6 is 0 Å². The molecule has 158 valence electrons. The van der Waals surface area contributed by atoms with Crippen LogP contribution in [0.15, 0.2) is 30.6 Å². The molecule has 3 aromatic rings. The van der Waals surface area contributed by atoms with Gasteiger partial charge in [0.05, 0.1) is 37.2 Å². The van der Waals surface area contributed by atoms with Crippen LogP contribution in [0.3, 0.4) is 0 Å². The van der Waals surface area contributed by atoms with E-state index in [1.807, 2.05) is 32.9 Å². The number of hydrogen-bond acceptors (Lipinski definition) is 6. The first-order chi connectivity index (χ1) is 14.5. The first-order valence-electron chi connectivity index (χ1n) is 10.4. The van der Waals surface area contributed by atoms with Gasteiger partial charge in [-0.1, -0.05) is 0 Å². The Morgan fingerprint density at radius 1 is 1.27 bits per heavy atom. The lowest BCUT2D eigenvalue weighted by molar-refractivity contribution is -0.143. The quantitative estimate of drug-likeness (QED) is 0.558. The topological polar surface area (TPSA) is 86.3 Å². The van der Waals surface area contributed by atoms with Crippen molar-refractivity contribution in [2.45, 2.75) is 58.7 Å². The van der Waals surface area contributed by atoms with E-state index in [0.29, 0.717) is 25.5 Å². The van der Waals surface area contributed by atoms with Gasteiger partial charge in [0.25, 0.3) is 0 Å². The van der Waals surface area contributed by atoms with Crippen LogP contribution < -0.4 is 9.47 Å². The Hall–Kier alpha value is -3.09. The standard InChI is InChI=1S/C23H27N3O4/c1-4-28-22(27)9-15-5-7-18-19-10-17(6-8-20(19)26-23(15)18)29-13-16-11-25-21(12-24-16)30-14(2)3/h6,8,10-12,14-15,26H,4-5,7,9,13H2,1-3H3. The van der Waals surface area contributed by atoms with Crippen LogP contribution in [0.2, 0.25) is 0 Å². The van der Waals surface area contributed by atoms with E-state index in [9.17, 15) is 4.79 Å². The molecule has 0 bridgehead atoms. The zero-order chi connectivity index (χ0) is 21.1. The Balaban J connectivity index is 1.44. The molecule has 1 aromatic carbocycles. The monoisotopic (exact) mass is 409 g/mol. The van der Waals surface area contributed by atoms with Gasteiger partial charge in [-0.15, -0.1) is 0 Å². The Bertz CT molecular complexity index is 1030. The molecule has 7 heteroatoms. The number of aryl methyl sites for hydroxylation is 1. The summed E-state index contributed by atoms with van der Waals surface area (Å²) in [5.74, 6) is 1.35. The number of H-pyrrole nitrogens is 1. The maximum Gasteiger partial charge on any atom is 0.306 e. The minimum Gasteiger partial charge on any atom is -0.487 e. The fourth-order valence-corrected chi connectivity index (χ4v) is 3.92. The molecular formula is C23H27N3O4. The van der Waals surface area contributed by atoms with Crippen LogP contribution in [0, 0.1) is 0 Å². The van der Waals surface area contributed by atoms with Gasteiger partial charge < -0.3 is 19.2 Å². The number of aromatic amines is 1. The second-order valence-corrected chi connectivity index (χ2v) is 7.77. The van der Waals surface area contributed by atoms with Gasteiger partial charge >= 0.3 is 5.97 Å². The Kier molecular flexibility index (Phi) is 5.88. The smallest absolute Gasteiger partial charge is 0.306 e. The van der Waals surface area contributed by atoms with Crippen LogP contribution in [-0.4, -0.2) is 33.6 Å². The number of rotatable bonds is 8. The average Bonchev–Trinajstić information content (AvgIpc) is 3.27. The maximum absolute atomic E-state index is 11.9. The molecule has 1 atom stereocenters. The highest BCUT2D eigenvalue weighted by Gasteiger charge is 2.29. The number of aromatic nitrogens is 3. The molecule has 0 radical (unpaired) electrons. The van der Waals surface area contributed by atoms with E-state index in [1.54, 1.807) is 12.4 Å². The molecule has 2 aromatic heterocycles. The molecule has 0 saturated carbocycles. The number of carbonyl (C=O) groups is 1. The predicted octanol–water partition coefficient (Wildman–Crippen LogP) is 4.31. The summed E-state index contributed by atoms with van der Waals surface area (Å²) in [6.45, 7) is 6.49. The van der Waals surface area contributed by atoms with Crippen molar-refractivity contribution < 1.29 is 19.0 Å². The summed E-state index contributed by atoms with van der Waals surface area (Å²) in [7, 11) is 0. The Morgan fingerprint density at radius 3 is 2.87 bits per heavy atom. The third-order valence-corrected chi connectivity index (χ3v) is 5.20. The highest BCUT2D eigenvalue weighted by molar-refractivity contribution is 5.87. The molecule has 2 heterocycles. The summed E-state index contributed by atoms with van der Waals surface area (Å²) < 4.78 is 16.6. The number of esters is 1. The molecule has 0 spiro atoms. The average molecular weight is 409 g/mol. The zero-order valence-corrected chi connectivity index (χ0v) is 17.6. The molecule has 7 nitrogen and oxygen atoms in total. The summed E-state index contributed by atoms with van der Waals surface area (Å²) in [6, 6.07) is 6.02. The second-order valence-electron chi connectivity index (χ2n) is 7.77. The normalized spacial score (nSPS) is 15.4. The first kappa shape index (κ1) is 20.2. The molecule has 1 unspecified atom stereocenters. The maximum atomic E-state index is 11.9. The fourth-order valence-electron chi connectivity index (χ4n) is 3.92. The lowest BCUT2D eigenvalue weighted by Crippen LogP contribution is -2.09. The van der Waals surface area contributed by atoms with Crippen molar-refractivity contribution in [3.63, 3.8) is 0 Å². The van der Waals surface area contributed by atoms with Gasteiger partial charge in [-0.05, 0) is 57.4 Å². The minimum absolute atomic E-state index is 0.0631. The number of benzene rings is 1. The Morgan fingerprint density at radius 2 is 2.13 bits per heavy atom. The highest BCUT2D eigenvalue weighted by atomic mass is 16.5. The lowest BCUT2D eigenvalue weighted by Gasteiger charge is -2.09. The molecule has 1 N–H and O–H groups in total. The third kappa shape index (κ3) is 4.40. The molecule has 1 aliphatic rings. The van der Waals surface area contributed by atoms with Crippen molar-refractivity contribution in [1.82, 2.24) is 15.0 Å². The summed E-state index contributed by atoms with van der Waals surface area (Å²) in [5, 5.41) is 1.15. The van der Waals surface area contributed by atoms with E-state index in [1.165, 1.54) is 5.56 Å². The van der Waals surface area contributed by atoms with Gasteiger partial charge in [-0.25, -0.2) is 4.98 Å². The van der Waals surface area contributed by atoms with Gasteiger partial charge in [-0.2, -0.15) is 0 Å². The van der Waals surface area contributed by atoms with Crippen LogP contribution in [-0.2, 0) is 22.6 Å². The van der Waals surface area contributed by atoms with Crippen molar-refractivity contribution >= 4 is 16.9 Å². The number of nitrogens with one attached hydrogen (secondary N) is 1. The van der Waals surface area contributed by atoms with E-state index in [4.69, 9.17) is 14.2 Å². The number of ether oxygens (including phenoxy) is 3. The van der Waals surface area contributed by atoms with E-state index in [2.05, 4.69) is 21.0 Å². The third-order valence-electron chi connectivity index (χ3n) is 5.20. The van der Waals surface area contributed by atoms with E-state index < -0.39 is 0 Å². The highest BCUT2D eigenvalue weighted by Crippen LogP contribution is 2.40. The molecular weight excluding hydrogens is 382 g/mol. The molecule has 0 amide bonds. The van der Waals surface area contributed by atoms with Gasteiger partial charge in [0, 0.05) is 22.5 Å². The fraction of sp³-hybridized carbons (Fsp3) is 0.435. The van der Waals surface area contributed by atoms with Crippen LogP contribution in [0.25, 0.3) is 10.9 Å². The van der Waals surface area contributed by atoms with Crippen molar-refractivity contribution in [2.24, 2.45) is 0 Å². The zero-order valence-electron chi connectivity index (χ0n) is 17.6. The lowest BCUT2D eigenvalue weighted by atomic mass is 10.0. The summed E-state index contributed by atoms with van der Waals surface area (Å²) in [6.07, 6.45) is 5.68. The van der Waals surface area contributed by atoms with E-state index in [0.717, 1.165) is 40.9 Å². The molecule has 1 aliphatic carbocycles. The molecule has 0 aliphatic heterocycles. The SMILES string of the molecule is CCOC(=O)CC1CCc2c1[nH]c1ccc(OCc3cnc(OC(C)C)cn3)cc21. The van der Waals surface area contributed by atoms with Gasteiger partial charge in [0.1, 0.15) is 12.4 Å². The van der Waals surface area contributed by atoms with Crippen LogP contribution in [0.5, 0.6) is 11.6 Å². The van der Waals surface area contributed by atoms with Crippen LogP contribution in [0.4, 0.5) is 0 Å². The summed E-state index contributed by atoms with van der Waals surface area (Å²) >= 11 is 0. The van der Waals surface area contributed by atoms with Crippen molar-refractivity contribution in [2.75, 3.05) is 6.61 Å². The summed E-state index contributed by atoms with van der Waals surface area (Å²) in [5.41, 5.74) is 4.23. The largest absolute Gasteiger partial charge is 0.487 e. The van der Waals surface area contributed by atoms with E-state index in [-0.39, 0.29) is 18.0 Å². The predicted molar refractivity (Wildman–Crippen MR) is 113 cm³/mol. The number of nitrogens with zero attached hydrogens (tertiary/aromatic N) is 2. The van der Waals surface area contributed by atoms with Crippen molar-refractivity contribution in [1.29, 1.82) is 0 Å². The van der Waals surface area contributed by atoms with Gasteiger partial charge in [-0.3, -0.25) is 9.78 Å².